The Morgan fingerprint density at radius 2 is 2.24 bits per heavy atom. The Hall–Kier alpha value is -1.55. The summed E-state index contributed by atoms with van der Waals surface area (Å²) in [6.45, 7) is 0.0166. The lowest BCUT2D eigenvalue weighted by atomic mass is 10.2. The molecule has 1 aliphatic carbocycles. The van der Waals surface area contributed by atoms with Crippen LogP contribution in [0.25, 0.3) is 0 Å². The number of aliphatic hydroxyl groups is 1. The second-order valence-corrected chi connectivity index (χ2v) is 4.14. The standard InChI is InChI=1S/C10H12F2N4O/c11-10(12)9-7(3-4-13)14-15-16(9)5-8(17)6-1-2-6/h6,8,10,17H,1-3,5H2. The van der Waals surface area contributed by atoms with Gasteiger partial charge in [0.2, 0.25) is 0 Å². The smallest absolute Gasteiger partial charge is 0.281 e. The number of alkyl halides is 2. The minimum absolute atomic E-state index is 0.00880. The molecule has 1 aromatic heterocycles. The topological polar surface area (TPSA) is 74.7 Å². The summed E-state index contributed by atoms with van der Waals surface area (Å²) in [6.07, 6.45) is -1.75. The molecule has 0 aromatic carbocycles. The van der Waals surface area contributed by atoms with Crippen molar-refractivity contribution in [1.29, 1.82) is 5.26 Å². The molecule has 7 heteroatoms. The van der Waals surface area contributed by atoms with E-state index in [4.69, 9.17) is 5.26 Å². The third kappa shape index (κ3) is 2.58. The summed E-state index contributed by atoms with van der Waals surface area (Å²) in [6, 6.07) is 1.77. The quantitative estimate of drug-likeness (QED) is 0.837. The fraction of sp³-hybridized carbons (Fsp3) is 0.700. The predicted molar refractivity (Wildman–Crippen MR) is 53.0 cm³/mol. The van der Waals surface area contributed by atoms with Crippen LogP contribution in [0.4, 0.5) is 8.78 Å². The van der Waals surface area contributed by atoms with Gasteiger partial charge in [-0.3, -0.25) is 0 Å². The van der Waals surface area contributed by atoms with Crippen molar-refractivity contribution in [3.63, 3.8) is 0 Å². The maximum Gasteiger partial charge on any atom is 0.281 e. The summed E-state index contributed by atoms with van der Waals surface area (Å²) in [7, 11) is 0. The van der Waals surface area contributed by atoms with Crippen LogP contribution in [0, 0.1) is 17.2 Å². The lowest BCUT2D eigenvalue weighted by Gasteiger charge is -2.11. The third-order valence-electron chi connectivity index (χ3n) is 2.83. The van der Waals surface area contributed by atoms with Crippen LogP contribution < -0.4 is 0 Å². The Morgan fingerprint density at radius 1 is 1.53 bits per heavy atom. The molecule has 1 N–H and O–H groups in total. The highest BCUT2D eigenvalue weighted by Crippen LogP contribution is 2.33. The summed E-state index contributed by atoms with van der Waals surface area (Å²) >= 11 is 0. The number of hydrogen-bond donors (Lipinski definition) is 1. The zero-order valence-electron chi connectivity index (χ0n) is 9.05. The molecule has 0 amide bonds. The van der Waals surface area contributed by atoms with E-state index in [2.05, 4.69) is 10.3 Å². The molecule has 1 fully saturated rings. The number of aliphatic hydroxyl groups excluding tert-OH is 1. The van der Waals surface area contributed by atoms with Crippen molar-refractivity contribution in [1.82, 2.24) is 15.0 Å². The number of aromatic nitrogens is 3. The Kier molecular flexibility index (Phi) is 3.33. The molecule has 2 rings (SSSR count). The van der Waals surface area contributed by atoms with Gasteiger partial charge in [0, 0.05) is 0 Å². The molecule has 1 heterocycles. The van der Waals surface area contributed by atoms with E-state index in [-0.39, 0.29) is 30.3 Å². The average Bonchev–Trinajstić information content (AvgIpc) is 3.03. The number of nitriles is 1. The van der Waals surface area contributed by atoms with Crippen LogP contribution in [0.15, 0.2) is 0 Å². The van der Waals surface area contributed by atoms with Crippen LogP contribution in [0.2, 0.25) is 0 Å². The van der Waals surface area contributed by atoms with E-state index in [0.29, 0.717) is 0 Å². The maximum atomic E-state index is 12.8. The van der Waals surface area contributed by atoms with Gasteiger partial charge in [-0.05, 0) is 18.8 Å². The second kappa shape index (κ2) is 4.75. The third-order valence-corrected chi connectivity index (χ3v) is 2.83. The van der Waals surface area contributed by atoms with Crippen molar-refractivity contribution in [2.75, 3.05) is 0 Å². The van der Waals surface area contributed by atoms with Crippen LogP contribution in [0.1, 0.15) is 30.7 Å². The first-order valence-electron chi connectivity index (χ1n) is 5.39. The van der Waals surface area contributed by atoms with Gasteiger partial charge in [-0.2, -0.15) is 5.26 Å². The summed E-state index contributed by atoms with van der Waals surface area (Å²) in [4.78, 5) is 0. The van der Waals surface area contributed by atoms with Crippen LogP contribution in [0.3, 0.4) is 0 Å². The molecule has 17 heavy (non-hydrogen) atoms. The molecule has 0 bridgehead atoms. The molecule has 5 nitrogen and oxygen atoms in total. The summed E-state index contributed by atoms with van der Waals surface area (Å²) in [5, 5.41) is 25.3. The molecular weight excluding hydrogens is 230 g/mol. The molecule has 1 aromatic rings. The highest BCUT2D eigenvalue weighted by atomic mass is 19.3. The average molecular weight is 242 g/mol. The molecule has 1 aliphatic rings. The van der Waals surface area contributed by atoms with Gasteiger partial charge < -0.3 is 5.11 Å². The van der Waals surface area contributed by atoms with Gasteiger partial charge in [0.05, 0.1) is 25.1 Å². The van der Waals surface area contributed by atoms with Gasteiger partial charge in [0.1, 0.15) is 11.4 Å². The Balaban J connectivity index is 2.17. The van der Waals surface area contributed by atoms with E-state index in [1.54, 1.807) is 6.07 Å². The lowest BCUT2D eigenvalue weighted by molar-refractivity contribution is 0.107. The van der Waals surface area contributed by atoms with Crippen LogP contribution >= 0.6 is 0 Å². The van der Waals surface area contributed by atoms with E-state index in [9.17, 15) is 13.9 Å². The van der Waals surface area contributed by atoms with Gasteiger partial charge >= 0.3 is 0 Å². The molecule has 1 saturated carbocycles. The monoisotopic (exact) mass is 242 g/mol. The Labute approximate surface area is 96.7 Å². The predicted octanol–water partition coefficient (Wildman–Crippen LogP) is 1.05. The SMILES string of the molecule is N#CCc1nnn(CC(O)C2CC2)c1C(F)F. The first-order chi connectivity index (χ1) is 8.13. The van der Waals surface area contributed by atoms with Gasteiger partial charge in [0.25, 0.3) is 6.43 Å². The lowest BCUT2D eigenvalue weighted by Crippen LogP contribution is -2.21. The van der Waals surface area contributed by atoms with E-state index in [1.165, 1.54) is 0 Å². The molecule has 0 spiro atoms. The highest BCUT2D eigenvalue weighted by molar-refractivity contribution is 5.15. The number of nitrogens with zero attached hydrogens (tertiary/aromatic N) is 4. The molecule has 0 aliphatic heterocycles. The van der Waals surface area contributed by atoms with E-state index >= 15 is 0 Å². The Bertz CT molecular complexity index is 436. The summed E-state index contributed by atoms with van der Waals surface area (Å²) < 4.78 is 26.7. The minimum atomic E-state index is -2.74. The van der Waals surface area contributed by atoms with E-state index in [1.807, 2.05) is 0 Å². The summed E-state index contributed by atoms with van der Waals surface area (Å²) in [5.74, 6) is 0.184. The molecule has 92 valence electrons. The van der Waals surface area contributed by atoms with Crippen molar-refractivity contribution in [2.45, 2.75) is 38.3 Å². The van der Waals surface area contributed by atoms with Crippen LogP contribution in [0.5, 0.6) is 0 Å². The maximum absolute atomic E-state index is 12.8. The highest BCUT2D eigenvalue weighted by Gasteiger charge is 2.32. The van der Waals surface area contributed by atoms with Gasteiger partial charge in [-0.15, -0.1) is 5.10 Å². The zero-order chi connectivity index (χ0) is 12.4. The number of hydrogen-bond acceptors (Lipinski definition) is 4. The van der Waals surface area contributed by atoms with Crippen molar-refractivity contribution in [3.05, 3.63) is 11.4 Å². The fourth-order valence-corrected chi connectivity index (χ4v) is 1.74. The van der Waals surface area contributed by atoms with Crippen molar-refractivity contribution >= 4 is 0 Å². The van der Waals surface area contributed by atoms with E-state index < -0.39 is 12.5 Å². The van der Waals surface area contributed by atoms with Crippen molar-refractivity contribution < 1.29 is 13.9 Å². The Morgan fingerprint density at radius 3 is 2.76 bits per heavy atom. The fourth-order valence-electron chi connectivity index (χ4n) is 1.74. The largest absolute Gasteiger partial charge is 0.391 e. The molecule has 0 radical (unpaired) electrons. The second-order valence-electron chi connectivity index (χ2n) is 4.14. The van der Waals surface area contributed by atoms with Crippen LogP contribution in [-0.4, -0.2) is 26.2 Å². The number of halogens is 2. The molecule has 1 unspecified atom stereocenters. The first-order valence-corrected chi connectivity index (χ1v) is 5.39. The number of rotatable bonds is 5. The first kappa shape index (κ1) is 11.9. The van der Waals surface area contributed by atoms with Gasteiger partial charge in [0.15, 0.2) is 0 Å². The summed E-state index contributed by atoms with van der Waals surface area (Å²) in [5.41, 5.74) is -0.364. The van der Waals surface area contributed by atoms with Gasteiger partial charge in [-0.1, -0.05) is 5.21 Å². The molecule has 0 saturated heterocycles. The van der Waals surface area contributed by atoms with Crippen LogP contribution in [-0.2, 0) is 13.0 Å². The van der Waals surface area contributed by atoms with E-state index in [0.717, 1.165) is 17.5 Å². The minimum Gasteiger partial charge on any atom is -0.391 e. The van der Waals surface area contributed by atoms with Gasteiger partial charge in [-0.25, -0.2) is 13.5 Å². The van der Waals surface area contributed by atoms with Crippen molar-refractivity contribution in [2.24, 2.45) is 5.92 Å². The molecule has 1 atom stereocenters. The zero-order valence-corrected chi connectivity index (χ0v) is 9.05. The molecular formula is C10H12F2N4O. The van der Waals surface area contributed by atoms with Crippen molar-refractivity contribution in [3.8, 4) is 6.07 Å². The normalized spacial score (nSPS) is 17.1.